The molecule has 0 bridgehead atoms. The van der Waals surface area contributed by atoms with E-state index >= 15 is 0 Å². The second-order valence-electron chi connectivity index (χ2n) is 7.71. The normalized spacial score (nSPS) is 19.5. The molecule has 1 aromatic heterocycles. The molecule has 2 aliphatic heterocycles. The van der Waals surface area contributed by atoms with E-state index in [0.717, 1.165) is 43.7 Å². The lowest BCUT2D eigenvalue weighted by Gasteiger charge is -2.35. The van der Waals surface area contributed by atoms with Crippen LogP contribution in [0.25, 0.3) is 0 Å². The van der Waals surface area contributed by atoms with Gasteiger partial charge in [-0.1, -0.05) is 23.8 Å². The average Bonchev–Trinajstić information content (AvgIpc) is 3.12. The summed E-state index contributed by atoms with van der Waals surface area (Å²) >= 11 is 0. The minimum atomic E-state index is 0. The largest absolute Gasteiger partial charge is 0.370 e. The number of aliphatic imine (C=N–C) groups is 1. The van der Waals surface area contributed by atoms with Gasteiger partial charge in [0.15, 0.2) is 11.8 Å². The first kappa shape index (κ1) is 22.0. The van der Waals surface area contributed by atoms with E-state index in [1.807, 2.05) is 7.05 Å². The molecule has 29 heavy (non-hydrogen) atoms. The Labute approximate surface area is 190 Å². The van der Waals surface area contributed by atoms with Crippen molar-refractivity contribution in [3.8, 4) is 0 Å². The maximum Gasteiger partial charge on any atom is 0.194 e. The van der Waals surface area contributed by atoms with E-state index in [1.54, 1.807) is 0 Å². The lowest BCUT2D eigenvalue weighted by atomic mass is 10.00. The molecule has 1 aromatic carbocycles. The van der Waals surface area contributed by atoms with E-state index in [-0.39, 0.29) is 30.1 Å². The summed E-state index contributed by atoms with van der Waals surface area (Å²) < 4.78 is 8.34. The lowest BCUT2D eigenvalue weighted by Crippen LogP contribution is -2.48. The molecule has 3 heterocycles. The number of ether oxygens (including phenoxy) is 1. The zero-order valence-corrected chi connectivity index (χ0v) is 19.8. The van der Waals surface area contributed by atoms with Crippen molar-refractivity contribution < 1.29 is 4.74 Å². The third-order valence-electron chi connectivity index (χ3n) is 5.69. The van der Waals surface area contributed by atoms with E-state index in [2.05, 4.69) is 62.0 Å². The van der Waals surface area contributed by atoms with Crippen LogP contribution in [0.15, 0.2) is 23.2 Å². The first-order valence-electron chi connectivity index (χ1n) is 10.2. The molecule has 0 spiro atoms. The summed E-state index contributed by atoms with van der Waals surface area (Å²) in [5.74, 6) is 3.00. The second kappa shape index (κ2) is 9.88. The fourth-order valence-corrected chi connectivity index (χ4v) is 4.21. The number of guanidine groups is 1. The number of aromatic nitrogens is 3. The highest BCUT2D eigenvalue weighted by molar-refractivity contribution is 14.0. The minimum Gasteiger partial charge on any atom is -0.370 e. The number of benzene rings is 1. The van der Waals surface area contributed by atoms with Gasteiger partial charge >= 0.3 is 0 Å². The van der Waals surface area contributed by atoms with Crippen molar-refractivity contribution in [3.63, 3.8) is 0 Å². The topological polar surface area (TPSA) is 67.6 Å². The van der Waals surface area contributed by atoms with Crippen LogP contribution < -0.4 is 5.32 Å². The SMILES string of the molecule is CN=C(NCc1nnc2n1CCCC2)N1CCOC(c2ccc(C)cc2C)C1.I. The second-order valence-corrected chi connectivity index (χ2v) is 7.71. The van der Waals surface area contributed by atoms with Crippen molar-refractivity contribution in [3.05, 3.63) is 46.5 Å². The number of nitrogens with one attached hydrogen (secondary N) is 1. The zero-order chi connectivity index (χ0) is 19.5. The molecule has 1 atom stereocenters. The van der Waals surface area contributed by atoms with Crippen molar-refractivity contribution >= 4 is 29.9 Å². The quantitative estimate of drug-likeness (QED) is 0.391. The van der Waals surface area contributed by atoms with E-state index in [0.29, 0.717) is 13.2 Å². The molecule has 1 N–H and O–H groups in total. The molecule has 4 rings (SSSR count). The molecule has 2 aliphatic rings. The molecule has 8 heteroatoms. The van der Waals surface area contributed by atoms with E-state index < -0.39 is 0 Å². The Balaban J connectivity index is 0.00000240. The Morgan fingerprint density at radius 3 is 2.90 bits per heavy atom. The Kier molecular flexibility index (Phi) is 7.50. The first-order chi connectivity index (χ1) is 13.7. The summed E-state index contributed by atoms with van der Waals surface area (Å²) in [6.07, 6.45) is 3.51. The van der Waals surface area contributed by atoms with Crippen molar-refractivity contribution in [1.29, 1.82) is 0 Å². The van der Waals surface area contributed by atoms with Crippen molar-refractivity contribution in [2.75, 3.05) is 26.7 Å². The molecular formula is C21H31IN6O. The monoisotopic (exact) mass is 510 g/mol. The standard InChI is InChI=1S/C21H30N6O.HI/c1-15-7-8-17(16(2)12-15)18-14-26(10-11-28-18)21(22-3)23-13-20-25-24-19-6-4-5-9-27(19)20;/h7-8,12,18H,4-6,9-11,13-14H2,1-3H3,(H,22,23);1H. The van der Waals surface area contributed by atoms with Gasteiger partial charge in [0.25, 0.3) is 0 Å². The minimum absolute atomic E-state index is 0. The number of halogens is 1. The predicted molar refractivity (Wildman–Crippen MR) is 125 cm³/mol. The fourth-order valence-electron chi connectivity index (χ4n) is 4.21. The fraction of sp³-hybridized carbons (Fsp3) is 0.571. The number of morpholine rings is 1. The maximum absolute atomic E-state index is 6.08. The van der Waals surface area contributed by atoms with Crippen LogP contribution in [0, 0.1) is 13.8 Å². The van der Waals surface area contributed by atoms with Gasteiger partial charge in [0.05, 0.1) is 19.7 Å². The molecule has 1 unspecified atom stereocenters. The number of hydrogen-bond acceptors (Lipinski definition) is 4. The van der Waals surface area contributed by atoms with E-state index in [9.17, 15) is 0 Å². The van der Waals surface area contributed by atoms with Gasteiger partial charge in [-0.25, -0.2) is 0 Å². The third-order valence-corrected chi connectivity index (χ3v) is 5.69. The Morgan fingerprint density at radius 1 is 1.24 bits per heavy atom. The van der Waals surface area contributed by atoms with Crippen LogP contribution in [0.5, 0.6) is 0 Å². The molecule has 158 valence electrons. The molecular weight excluding hydrogens is 479 g/mol. The summed E-state index contributed by atoms with van der Waals surface area (Å²) in [7, 11) is 1.84. The number of rotatable bonds is 3. The lowest BCUT2D eigenvalue weighted by molar-refractivity contribution is -0.00836. The van der Waals surface area contributed by atoms with Crippen LogP contribution in [-0.4, -0.2) is 52.4 Å². The summed E-state index contributed by atoms with van der Waals surface area (Å²) in [4.78, 5) is 6.79. The van der Waals surface area contributed by atoms with Gasteiger partial charge in [-0.3, -0.25) is 4.99 Å². The Bertz CT molecular complexity index is 865. The summed E-state index contributed by atoms with van der Waals surface area (Å²) in [5, 5.41) is 12.2. The first-order valence-corrected chi connectivity index (χ1v) is 10.2. The molecule has 0 saturated carbocycles. The molecule has 7 nitrogen and oxygen atoms in total. The van der Waals surface area contributed by atoms with Crippen LogP contribution >= 0.6 is 24.0 Å². The van der Waals surface area contributed by atoms with Crippen LogP contribution in [0.1, 0.15) is 47.3 Å². The van der Waals surface area contributed by atoms with Crippen LogP contribution in [0.2, 0.25) is 0 Å². The number of aryl methyl sites for hydroxylation is 3. The zero-order valence-electron chi connectivity index (χ0n) is 17.5. The molecule has 1 saturated heterocycles. The summed E-state index contributed by atoms with van der Waals surface area (Å²) in [6, 6.07) is 6.57. The van der Waals surface area contributed by atoms with Crippen molar-refractivity contribution in [2.45, 2.75) is 52.3 Å². The Morgan fingerprint density at radius 2 is 2.10 bits per heavy atom. The van der Waals surface area contributed by atoms with Crippen LogP contribution in [0.3, 0.4) is 0 Å². The van der Waals surface area contributed by atoms with E-state index in [4.69, 9.17) is 4.74 Å². The molecule has 0 radical (unpaired) electrons. The van der Waals surface area contributed by atoms with Crippen LogP contribution in [0.4, 0.5) is 0 Å². The van der Waals surface area contributed by atoms with Gasteiger partial charge in [0.2, 0.25) is 0 Å². The van der Waals surface area contributed by atoms with Gasteiger partial charge in [-0.2, -0.15) is 0 Å². The predicted octanol–water partition coefficient (Wildman–Crippen LogP) is 3.00. The van der Waals surface area contributed by atoms with Crippen LogP contribution in [-0.2, 0) is 24.2 Å². The Hall–Kier alpha value is -1.68. The van der Waals surface area contributed by atoms with Crippen molar-refractivity contribution in [1.82, 2.24) is 25.0 Å². The average molecular weight is 510 g/mol. The molecule has 1 fully saturated rings. The summed E-state index contributed by atoms with van der Waals surface area (Å²) in [6.45, 7) is 8.26. The highest BCUT2D eigenvalue weighted by Gasteiger charge is 2.25. The smallest absolute Gasteiger partial charge is 0.194 e. The van der Waals surface area contributed by atoms with E-state index in [1.165, 1.54) is 29.5 Å². The number of fused-ring (bicyclic) bond motifs is 1. The molecule has 0 aliphatic carbocycles. The maximum atomic E-state index is 6.08. The van der Waals surface area contributed by atoms with Gasteiger partial charge in [0, 0.05) is 26.6 Å². The molecule has 2 aromatic rings. The third kappa shape index (κ3) is 4.91. The van der Waals surface area contributed by atoms with Crippen molar-refractivity contribution in [2.24, 2.45) is 4.99 Å². The number of nitrogens with zero attached hydrogens (tertiary/aromatic N) is 5. The van der Waals surface area contributed by atoms with Gasteiger partial charge in [-0.05, 0) is 37.8 Å². The van der Waals surface area contributed by atoms with Gasteiger partial charge in [-0.15, -0.1) is 34.2 Å². The highest BCUT2D eigenvalue weighted by atomic mass is 127. The highest BCUT2D eigenvalue weighted by Crippen LogP contribution is 2.26. The number of hydrogen-bond donors (Lipinski definition) is 1. The molecule has 0 amide bonds. The van der Waals surface area contributed by atoms with Gasteiger partial charge < -0.3 is 19.5 Å². The summed E-state index contributed by atoms with van der Waals surface area (Å²) in [5.41, 5.74) is 3.82. The van der Waals surface area contributed by atoms with Gasteiger partial charge in [0.1, 0.15) is 11.9 Å².